The summed E-state index contributed by atoms with van der Waals surface area (Å²) >= 11 is 0. The number of hydrogen-bond donors (Lipinski definition) is 0. The van der Waals surface area contributed by atoms with Crippen LogP contribution in [0.15, 0.2) is 12.3 Å². The van der Waals surface area contributed by atoms with Crippen LogP contribution in [0.5, 0.6) is 0 Å². The summed E-state index contributed by atoms with van der Waals surface area (Å²) in [6.45, 7) is 3.66. The highest BCUT2D eigenvalue weighted by Crippen LogP contribution is 2.10. The van der Waals surface area contributed by atoms with Crippen LogP contribution in [-0.2, 0) is 9.47 Å². The van der Waals surface area contributed by atoms with E-state index in [4.69, 9.17) is 9.47 Å². The monoisotopic (exact) mass is 142 g/mol. The molecule has 10 heavy (non-hydrogen) atoms. The molecule has 58 valence electrons. The molecule has 1 heterocycles. The lowest BCUT2D eigenvalue weighted by molar-refractivity contribution is 0.00593. The molecule has 1 aliphatic heterocycles. The van der Waals surface area contributed by atoms with Gasteiger partial charge >= 0.3 is 0 Å². The Balaban J connectivity index is 2.13. The summed E-state index contributed by atoms with van der Waals surface area (Å²) in [6.07, 6.45) is 6.13. The maximum absolute atomic E-state index is 5.37. The van der Waals surface area contributed by atoms with Gasteiger partial charge in [-0.15, -0.1) is 0 Å². The van der Waals surface area contributed by atoms with Crippen molar-refractivity contribution in [2.24, 2.45) is 0 Å². The number of allylic oxidation sites excluding steroid dienone is 1. The van der Waals surface area contributed by atoms with Crippen LogP contribution in [0.4, 0.5) is 0 Å². The Labute approximate surface area is 61.8 Å². The molecular formula is C8H14O2. The fraction of sp³-hybridized carbons (Fsp3) is 0.750. The third-order valence-electron chi connectivity index (χ3n) is 1.58. The molecule has 2 nitrogen and oxygen atoms in total. The molecule has 0 saturated carbocycles. The predicted molar refractivity (Wildman–Crippen MR) is 39.7 cm³/mol. The van der Waals surface area contributed by atoms with Gasteiger partial charge in [-0.3, -0.25) is 0 Å². The molecule has 0 atom stereocenters. The summed E-state index contributed by atoms with van der Waals surface area (Å²) in [7, 11) is 0. The topological polar surface area (TPSA) is 18.5 Å². The van der Waals surface area contributed by atoms with E-state index in [9.17, 15) is 0 Å². The van der Waals surface area contributed by atoms with Crippen LogP contribution in [-0.4, -0.2) is 19.3 Å². The summed E-state index contributed by atoms with van der Waals surface area (Å²) in [5.41, 5.74) is 0. The minimum absolute atomic E-state index is 0.393. The van der Waals surface area contributed by atoms with Crippen molar-refractivity contribution in [2.75, 3.05) is 13.2 Å². The predicted octanol–water partition coefficient (Wildman–Crippen LogP) is 1.72. The van der Waals surface area contributed by atoms with Gasteiger partial charge in [0, 0.05) is 12.8 Å². The molecule has 1 saturated heterocycles. The second-order valence-corrected chi connectivity index (χ2v) is 2.42. The van der Waals surface area contributed by atoms with Crippen LogP contribution in [0.25, 0.3) is 0 Å². The third kappa shape index (κ3) is 2.40. The molecule has 0 bridgehead atoms. The van der Waals surface area contributed by atoms with Gasteiger partial charge < -0.3 is 9.47 Å². The Hall–Kier alpha value is -0.500. The van der Waals surface area contributed by atoms with Crippen molar-refractivity contribution in [3.63, 3.8) is 0 Å². The van der Waals surface area contributed by atoms with E-state index in [1.807, 2.05) is 13.0 Å². The third-order valence-corrected chi connectivity index (χ3v) is 1.58. The van der Waals surface area contributed by atoms with Gasteiger partial charge in [-0.25, -0.2) is 0 Å². The standard InChI is InChI=1S/C8H14O2/c1-2-5-10-8-3-6-9-7-4-8/h2,5,8H,3-4,6-7H2,1H3/b5-2+. The average molecular weight is 142 g/mol. The SMILES string of the molecule is C/C=C/OC1CCOCC1. The number of hydrogen-bond acceptors (Lipinski definition) is 2. The highest BCUT2D eigenvalue weighted by Gasteiger charge is 2.12. The Morgan fingerprint density at radius 2 is 2.10 bits per heavy atom. The minimum Gasteiger partial charge on any atom is -0.498 e. The molecule has 1 rings (SSSR count). The molecule has 0 unspecified atom stereocenters. The Bertz CT molecular complexity index is 104. The summed E-state index contributed by atoms with van der Waals surface area (Å²) in [4.78, 5) is 0. The zero-order chi connectivity index (χ0) is 7.23. The fourth-order valence-electron chi connectivity index (χ4n) is 1.00. The molecular weight excluding hydrogens is 128 g/mol. The zero-order valence-electron chi connectivity index (χ0n) is 6.38. The van der Waals surface area contributed by atoms with Crippen LogP contribution in [0.3, 0.4) is 0 Å². The first-order valence-corrected chi connectivity index (χ1v) is 3.78. The van der Waals surface area contributed by atoms with Gasteiger partial charge in [0.25, 0.3) is 0 Å². The molecule has 1 fully saturated rings. The smallest absolute Gasteiger partial charge is 0.102 e. The van der Waals surface area contributed by atoms with Crippen LogP contribution in [0.2, 0.25) is 0 Å². The van der Waals surface area contributed by atoms with Crippen molar-refractivity contribution >= 4 is 0 Å². The van der Waals surface area contributed by atoms with E-state index < -0.39 is 0 Å². The molecule has 0 aromatic rings. The molecule has 0 aromatic heterocycles. The van der Waals surface area contributed by atoms with Crippen molar-refractivity contribution in [3.05, 3.63) is 12.3 Å². The van der Waals surface area contributed by atoms with Gasteiger partial charge in [0.1, 0.15) is 6.10 Å². The molecule has 0 N–H and O–H groups in total. The summed E-state index contributed by atoms with van der Waals surface area (Å²) < 4.78 is 10.5. The first kappa shape index (κ1) is 7.61. The molecule has 0 amide bonds. The zero-order valence-corrected chi connectivity index (χ0v) is 6.38. The quantitative estimate of drug-likeness (QED) is 0.546. The molecule has 1 aliphatic rings. The molecule has 2 heteroatoms. The van der Waals surface area contributed by atoms with Gasteiger partial charge in [0.15, 0.2) is 0 Å². The van der Waals surface area contributed by atoms with Crippen LogP contribution < -0.4 is 0 Å². The second kappa shape index (κ2) is 4.34. The maximum Gasteiger partial charge on any atom is 0.102 e. The van der Waals surface area contributed by atoms with E-state index in [1.165, 1.54) is 0 Å². The number of ether oxygens (including phenoxy) is 2. The average Bonchev–Trinajstić information content (AvgIpc) is 2.03. The van der Waals surface area contributed by atoms with Crippen molar-refractivity contribution in [1.82, 2.24) is 0 Å². The van der Waals surface area contributed by atoms with Crippen molar-refractivity contribution in [2.45, 2.75) is 25.9 Å². The first-order chi connectivity index (χ1) is 4.93. The number of rotatable bonds is 2. The van der Waals surface area contributed by atoms with E-state index in [0.717, 1.165) is 26.1 Å². The Morgan fingerprint density at radius 1 is 1.40 bits per heavy atom. The molecule has 0 radical (unpaired) electrons. The van der Waals surface area contributed by atoms with Gasteiger partial charge in [-0.2, -0.15) is 0 Å². The van der Waals surface area contributed by atoms with E-state index in [-0.39, 0.29) is 0 Å². The molecule has 0 spiro atoms. The first-order valence-electron chi connectivity index (χ1n) is 3.78. The highest BCUT2D eigenvalue weighted by molar-refractivity contribution is 4.70. The van der Waals surface area contributed by atoms with Crippen LogP contribution >= 0.6 is 0 Å². The van der Waals surface area contributed by atoms with Crippen LogP contribution in [0, 0.1) is 0 Å². The van der Waals surface area contributed by atoms with Gasteiger partial charge in [0.05, 0.1) is 19.5 Å². The van der Waals surface area contributed by atoms with Gasteiger partial charge in [-0.05, 0) is 6.92 Å². The van der Waals surface area contributed by atoms with Gasteiger partial charge in [0.2, 0.25) is 0 Å². The lowest BCUT2D eigenvalue weighted by Gasteiger charge is -2.21. The van der Waals surface area contributed by atoms with Crippen molar-refractivity contribution in [1.29, 1.82) is 0 Å². The second-order valence-electron chi connectivity index (χ2n) is 2.42. The normalized spacial score (nSPS) is 21.7. The maximum atomic E-state index is 5.37. The van der Waals surface area contributed by atoms with Crippen molar-refractivity contribution < 1.29 is 9.47 Å². The minimum atomic E-state index is 0.393. The Morgan fingerprint density at radius 3 is 2.70 bits per heavy atom. The Kier molecular flexibility index (Phi) is 3.30. The lowest BCUT2D eigenvalue weighted by atomic mass is 10.2. The van der Waals surface area contributed by atoms with E-state index in [0.29, 0.717) is 6.10 Å². The van der Waals surface area contributed by atoms with Crippen LogP contribution in [0.1, 0.15) is 19.8 Å². The molecule has 0 aromatic carbocycles. The summed E-state index contributed by atoms with van der Waals surface area (Å²) in [6, 6.07) is 0. The van der Waals surface area contributed by atoms with E-state index in [2.05, 4.69) is 0 Å². The largest absolute Gasteiger partial charge is 0.498 e. The summed E-state index contributed by atoms with van der Waals surface area (Å²) in [5.74, 6) is 0. The summed E-state index contributed by atoms with van der Waals surface area (Å²) in [5, 5.41) is 0. The van der Waals surface area contributed by atoms with Gasteiger partial charge in [-0.1, -0.05) is 6.08 Å². The van der Waals surface area contributed by atoms with Crippen molar-refractivity contribution in [3.8, 4) is 0 Å². The molecule has 0 aliphatic carbocycles. The van der Waals surface area contributed by atoms with E-state index >= 15 is 0 Å². The fourth-order valence-corrected chi connectivity index (χ4v) is 1.00. The lowest BCUT2D eigenvalue weighted by Crippen LogP contribution is -2.21. The van der Waals surface area contributed by atoms with E-state index in [1.54, 1.807) is 6.26 Å². The highest BCUT2D eigenvalue weighted by atomic mass is 16.5.